The molecule has 1 aliphatic rings. The fourth-order valence-corrected chi connectivity index (χ4v) is 5.66. The van der Waals surface area contributed by atoms with Crippen LogP contribution in [-0.2, 0) is 23.0 Å². The van der Waals surface area contributed by atoms with Crippen LogP contribution >= 0.6 is 12.4 Å². The lowest BCUT2D eigenvalue weighted by molar-refractivity contribution is 0.250. The monoisotopic (exact) mass is 490 g/mol. The molecule has 0 aliphatic carbocycles. The minimum absolute atomic E-state index is 0. The van der Waals surface area contributed by atoms with Crippen molar-refractivity contribution in [3.05, 3.63) is 65.2 Å². The third kappa shape index (κ3) is 5.44. The maximum absolute atomic E-state index is 13.0. The van der Waals surface area contributed by atoms with Crippen molar-refractivity contribution in [2.24, 2.45) is 0 Å². The highest BCUT2D eigenvalue weighted by molar-refractivity contribution is 7.89. The third-order valence-electron chi connectivity index (χ3n) is 6.13. The van der Waals surface area contributed by atoms with E-state index in [9.17, 15) is 8.42 Å². The molecule has 0 saturated carbocycles. The van der Waals surface area contributed by atoms with Gasteiger partial charge in [-0.3, -0.25) is 4.90 Å². The van der Waals surface area contributed by atoms with Crippen LogP contribution in [0.1, 0.15) is 23.1 Å². The van der Waals surface area contributed by atoms with Crippen molar-refractivity contribution in [2.45, 2.75) is 31.2 Å². The minimum Gasteiger partial charge on any atom is -0.493 e. The molecule has 0 saturated heterocycles. The summed E-state index contributed by atoms with van der Waals surface area (Å²) >= 11 is 0. The van der Waals surface area contributed by atoms with Gasteiger partial charge in [0.2, 0.25) is 10.0 Å². The van der Waals surface area contributed by atoms with E-state index in [2.05, 4.69) is 15.7 Å². The number of sulfonamides is 1. The van der Waals surface area contributed by atoms with Gasteiger partial charge in [0, 0.05) is 25.0 Å². The normalized spacial score (nSPS) is 13.9. The van der Waals surface area contributed by atoms with E-state index in [1.54, 1.807) is 20.3 Å². The van der Waals surface area contributed by atoms with Crippen LogP contribution in [0.2, 0.25) is 0 Å². The Balaban J connectivity index is 0.00000306. The fourth-order valence-electron chi connectivity index (χ4n) is 4.38. The second kappa shape index (κ2) is 10.7. The second-order valence-electron chi connectivity index (χ2n) is 8.18. The largest absolute Gasteiger partial charge is 0.493 e. The van der Waals surface area contributed by atoms with Gasteiger partial charge < -0.3 is 9.47 Å². The zero-order valence-corrected chi connectivity index (χ0v) is 20.9. The molecule has 0 fully saturated rings. The van der Waals surface area contributed by atoms with Crippen molar-refractivity contribution in [1.82, 2.24) is 9.62 Å². The molecule has 0 bridgehead atoms. The summed E-state index contributed by atoms with van der Waals surface area (Å²) in [4.78, 5) is 2.69. The zero-order valence-electron chi connectivity index (χ0n) is 19.3. The highest BCUT2D eigenvalue weighted by atomic mass is 35.5. The summed E-state index contributed by atoms with van der Waals surface area (Å²) in [5.74, 6) is 1.50. The summed E-state index contributed by atoms with van der Waals surface area (Å²) in [5, 5.41) is 1.73. The van der Waals surface area contributed by atoms with Crippen LogP contribution in [0.5, 0.6) is 11.5 Å². The molecule has 4 rings (SSSR count). The fraction of sp³-hybridized carbons (Fsp3) is 0.360. The van der Waals surface area contributed by atoms with Gasteiger partial charge in [-0.25, -0.2) is 13.1 Å². The molecule has 0 amide bonds. The number of aryl methyl sites for hydroxylation is 1. The molecule has 0 radical (unpaired) electrons. The van der Waals surface area contributed by atoms with Gasteiger partial charge >= 0.3 is 0 Å². The third-order valence-corrected chi connectivity index (χ3v) is 7.65. The molecule has 178 valence electrons. The standard InChI is InChI=1S/C25H30N2O4S.ClH/c1-18-9-10-25(22-8-5-4-7-21(18)22)32(28,29)26-12-6-13-27-14-11-19-15-23(30-2)24(31-3)16-20(19)17-27;/h4-5,7-10,15-16,26H,6,11-14,17H2,1-3H3;1H. The van der Waals surface area contributed by atoms with Gasteiger partial charge in [-0.15, -0.1) is 12.4 Å². The number of rotatable bonds is 8. The van der Waals surface area contributed by atoms with Gasteiger partial charge in [-0.1, -0.05) is 30.3 Å². The average molecular weight is 491 g/mol. The average Bonchev–Trinajstić information content (AvgIpc) is 2.81. The van der Waals surface area contributed by atoms with E-state index in [1.807, 2.05) is 43.3 Å². The lowest BCUT2D eigenvalue weighted by Crippen LogP contribution is -2.33. The predicted molar refractivity (Wildman–Crippen MR) is 134 cm³/mol. The summed E-state index contributed by atoms with van der Waals surface area (Å²) in [6.07, 6.45) is 1.68. The van der Waals surface area contributed by atoms with Gasteiger partial charge in [0.25, 0.3) is 0 Å². The molecule has 1 aliphatic heterocycles. The Kier molecular flexibility index (Phi) is 8.23. The Bertz CT molecular complexity index is 1230. The number of fused-ring (bicyclic) bond motifs is 2. The molecule has 3 aromatic carbocycles. The molecule has 0 aromatic heterocycles. The van der Waals surface area contributed by atoms with E-state index >= 15 is 0 Å². The number of ether oxygens (including phenoxy) is 2. The first-order valence-electron chi connectivity index (χ1n) is 10.9. The number of nitrogens with zero attached hydrogens (tertiary/aromatic N) is 1. The van der Waals surface area contributed by atoms with Crippen LogP contribution in [-0.4, -0.2) is 47.2 Å². The molecular formula is C25H31ClN2O4S. The number of hydrogen-bond acceptors (Lipinski definition) is 5. The van der Waals surface area contributed by atoms with Crippen molar-refractivity contribution in [2.75, 3.05) is 33.9 Å². The molecule has 6 nitrogen and oxygen atoms in total. The van der Waals surface area contributed by atoms with Gasteiger partial charge in [-0.2, -0.15) is 0 Å². The quantitative estimate of drug-likeness (QED) is 0.476. The predicted octanol–water partition coefficient (Wildman–Crippen LogP) is 4.31. The SMILES string of the molecule is COc1cc2c(cc1OC)CN(CCCNS(=O)(=O)c1ccc(C)c3ccccc13)CC2.Cl. The first kappa shape index (κ1) is 25.3. The molecular weight excluding hydrogens is 460 g/mol. The van der Waals surface area contributed by atoms with E-state index < -0.39 is 10.0 Å². The van der Waals surface area contributed by atoms with Crippen molar-refractivity contribution in [1.29, 1.82) is 0 Å². The second-order valence-corrected chi connectivity index (χ2v) is 9.91. The molecule has 0 atom stereocenters. The van der Waals surface area contributed by atoms with Crippen LogP contribution in [0.3, 0.4) is 0 Å². The number of hydrogen-bond donors (Lipinski definition) is 1. The zero-order chi connectivity index (χ0) is 22.7. The molecule has 8 heteroatoms. The van der Waals surface area contributed by atoms with Crippen molar-refractivity contribution < 1.29 is 17.9 Å². The lowest BCUT2D eigenvalue weighted by atomic mass is 9.98. The molecule has 1 heterocycles. The van der Waals surface area contributed by atoms with Crippen molar-refractivity contribution >= 4 is 33.2 Å². The molecule has 0 unspecified atom stereocenters. The Hall–Kier alpha value is -2.32. The molecule has 0 spiro atoms. The van der Waals surface area contributed by atoms with Gasteiger partial charge in [0.15, 0.2) is 11.5 Å². The Morgan fingerprint density at radius 3 is 2.33 bits per heavy atom. The van der Waals surface area contributed by atoms with Gasteiger partial charge in [-0.05, 0) is 66.6 Å². The van der Waals surface area contributed by atoms with E-state index in [-0.39, 0.29) is 12.4 Å². The van der Waals surface area contributed by atoms with E-state index in [0.29, 0.717) is 11.4 Å². The maximum Gasteiger partial charge on any atom is 0.241 e. The van der Waals surface area contributed by atoms with Crippen LogP contribution in [0.4, 0.5) is 0 Å². The van der Waals surface area contributed by atoms with E-state index in [1.165, 1.54) is 11.1 Å². The topological polar surface area (TPSA) is 67.9 Å². The molecule has 33 heavy (non-hydrogen) atoms. The summed E-state index contributed by atoms with van der Waals surface area (Å²) < 4.78 is 39.5. The summed E-state index contributed by atoms with van der Waals surface area (Å²) in [7, 11) is -0.271. The number of nitrogens with one attached hydrogen (secondary N) is 1. The van der Waals surface area contributed by atoms with Gasteiger partial charge in [0.1, 0.15) is 0 Å². The summed E-state index contributed by atoms with van der Waals surface area (Å²) in [6.45, 7) is 4.99. The number of methoxy groups -OCH3 is 2. The van der Waals surface area contributed by atoms with Crippen molar-refractivity contribution in [3.8, 4) is 11.5 Å². The van der Waals surface area contributed by atoms with Crippen LogP contribution in [0.15, 0.2) is 53.4 Å². The highest BCUT2D eigenvalue weighted by Gasteiger charge is 2.20. The summed E-state index contributed by atoms with van der Waals surface area (Å²) in [5.41, 5.74) is 3.59. The Labute approximate surface area is 202 Å². The van der Waals surface area contributed by atoms with Crippen LogP contribution in [0.25, 0.3) is 10.8 Å². The first-order valence-corrected chi connectivity index (χ1v) is 12.4. The van der Waals surface area contributed by atoms with E-state index in [0.717, 1.165) is 60.3 Å². The highest BCUT2D eigenvalue weighted by Crippen LogP contribution is 2.33. The summed E-state index contributed by atoms with van der Waals surface area (Å²) in [6, 6.07) is 15.3. The van der Waals surface area contributed by atoms with Gasteiger partial charge in [0.05, 0.1) is 19.1 Å². The van der Waals surface area contributed by atoms with E-state index in [4.69, 9.17) is 9.47 Å². The molecule has 3 aromatic rings. The first-order chi connectivity index (χ1) is 15.4. The Morgan fingerprint density at radius 1 is 0.970 bits per heavy atom. The number of benzene rings is 3. The number of halogens is 1. The smallest absolute Gasteiger partial charge is 0.241 e. The molecule has 1 N–H and O–H groups in total. The van der Waals surface area contributed by atoms with Crippen LogP contribution in [0, 0.1) is 6.92 Å². The minimum atomic E-state index is -3.57. The maximum atomic E-state index is 13.0. The lowest BCUT2D eigenvalue weighted by Gasteiger charge is -2.29. The van der Waals surface area contributed by atoms with Crippen molar-refractivity contribution in [3.63, 3.8) is 0 Å². The Morgan fingerprint density at radius 2 is 1.64 bits per heavy atom. The van der Waals surface area contributed by atoms with Crippen LogP contribution < -0.4 is 14.2 Å².